The monoisotopic (exact) mass is 286 g/mol. The molecule has 1 aromatic heterocycles. The van der Waals surface area contributed by atoms with E-state index in [1.165, 1.54) is 6.20 Å². The van der Waals surface area contributed by atoms with Crippen LogP contribution in [-0.2, 0) is 0 Å². The van der Waals surface area contributed by atoms with Crippen molar-refractivity contribution in [3.05, 3.63) is 28.2 Å². The van der Waals surface area contributed by atoms with Crippen LogP contribution in [-0.4, -0.2) is 11.2 Å². The van der Waals surface area contributed by atoms with E-state index < -0.39 is 24.5 Å². The molecule has 7 heteroatoms. The molecule has 0 aliphatic rings. The molecule has 0 saturated heterocycles. The number of hydrogen-bond donors (Lipinski definition) is 1. The predicted octanol–water partition coefficient (Wildman–Crippen LogP) is 2.94. The van der Waals surface area contributed by atoms with Crippen LogP contribution in [0.25, 0.3) is 0 Å². The predicted molar refractivity (Wildman–Crippen MR) is 49.5 cm³/mol. The third kappa shape index (κ3) is 3.75. The third-order valence-electron chi connectivity index (χ3n) is 1.64. The third-order valence-corrected chi connectivity index (χ3v) is 2.07. The molecule has 1 heterocycles. The molecule has 1 aromatic rings. The van der Waals surface area contributed by atoms with E-state index in [9.17, 15) is 17.6 Å². The first-order valence-electron chi connectivity index (χ1n) is 3.93. The molecule has 1 unspecified atom stereocenters. The quantitative estimate of drug-likeness (QED) is 0.849. The van der Waals surface area contributed by atoms with Crippen molar-refractivity contribution in [3.63, 3.8) is 0 Å². The van der Waals surface area contributed by atoms with Crippen molar-refractivity contribution in [1.82, 2.24) is 4.98 Å². The lowest BCUT2D eigenvalue weighted by atomic mass is 10.1. The first kappa shape index (κ1) is 12.4. The highest BCUT2D eigenvalue weighted by Gasteiger charge is 2.32. The molecule has 0 saturated carbocycles. The van der Waals surface area contributed by atoms with E-state index in [1.807, 2.05) is 0 Å². The number of nitrogens with zero attached hydrogens (tertiary/aromatic N) is 1. The summed E-state index contributed by atoms with van der Waals surface area (Å²) < 4.78 is 49.4. The van der Waals surface area contributed by atoms with Crippen LogP contribution in [0.4, 0.5) is 17.6 Å². The number of alkyl halides is 3. The Balaban J connectivity index is 2.87. The molecule has 0 spiro atoms. The van der Waals surface area contributed by atoms with Gasteiger partial charge in [0.15, 0.2) is 0 Å². The van der Waals surface area contributed by atoms with Gasteiger partial charge >= 0.3 is 6.18 Å². The zero-order chi connectivity index (χ0) is 11.6. The summed E-state index contributed by atoms with van der Waals surface area (Å²) >= 11 is 2.94. The van der Waals surface area contributed by atoms with Crippen LogP contribution in [0.5, 0.6) is 0 Å². The first-order chi connectivity index (χ1) is 6.79. The summed E-state index contributed by atoms with van der Waals surface area (Å²) in [6.07, 6.45) is -4.52. The second-order valence-corrected chi connectivity index (χ2v) is 3.86. The molecule has 0 aliphatic carbocycles. The van der Waals surface area contributed by atoms with Gasteiger partial charge in [-0.05, 0) is 22.0 Å². The van der Waals surface area contributed by atoms with Gasteiger partial charge < -0.3 is 5.73 Å². The van der Waals surface area contributed by atoms with Crippen molar-refractivity contribution in [2.45, 2.75) is 18.6 Å². The van der Waals surface area contributed by atoms with Gasteiger partial charge in [-0.2, -0.15) is 13.2 Å². The lowest BCUT2D eigenvalue weighted by Gasteiger charge is -2.14. The maximum absolute atomic E-state index is 13.1. The Morgan fingerprint density at radius 1 is 1.47 bits per heavy atom. The fourth-order valence-electron chi connectivity index (χ4n) is 1.04. The Hall–Kier alpha value is -0.690. The molecule has 0 radical (unpaired) electrons. The normalized spacial score (nSPS) is 14.0. The van der Waals surface area contributed by atoms with Crippen molar-refractivity contribution in [1.29, 1.82) is 0 Å². The van der Waals surface area contributed by atoms with Gasteiger partial charge in [0.05, 0.1) is 18.2 Å². The summed E-state index contributed by atoms with van der Waals surface area (Å²) in [7, 11) is 0. The van der Waals surface area contributed by atoms with Crippen molar-refractivity contribution < 1.29 is 17.6 Å². The van der Waals surface area contributed by atoms with Crippen molar-refractivity contribution >= 4 is 15.9 Å². The highest BCUT2D eigenvalue weighted by Crippen LogP contribution is 2.28. The van der Waals surface area contributed by atoms with Crippen LogP contribution in [0.1, 0.15) is 18.2 Å². The summed E-state index contributed by atoms with van der Waals surface area (Å²) in [6.45, 7) is 0. The van der Waals surface area contributed by atoms with Gasteiger partial charge in [0.25, 0.3) is 0 Å². The number of halogens is 5. The van der Waals surface area contributed by atoms with Gasteiger partial charge in [0.2, 0.25) is 0 Å². The van der Waals surface area contributed by atoms with Crippen molar-refractivity contribution in [2.24, 2.45) is 5.73 Å². The van der Waals surface area contributed by atoms with E-state index in [-0.39, 0.29) is 5.69 Å². The Kier molecular flexibility index (Phi) is 3.67. The van der Waals surface area contributed by atoms with Crippen LogP contribution in [0, 0.1) is 5.82 Å². The highest BCUT2D eigenvalue weighted by molar-refractivity contribution is 9.10. The SMILES string of the molecule is NC(CC(F)(F)F)c1ncc(Br)cc1F. The van der Waals surface area contributed by atoms with E-state index >= 15 is 0 Å². The van der Waals surface area contributed by atoms with Crippen molar-refractivity contribution in [3.8, 4) is 0 Å². The summed E-state index contributed by atoms with van der Waals surface area (Å²) in [6, 6.07) is -0.448. The molecular formula is C8H7BrF4N2. The Morgan fingerprint density at radius 3 is 2.53 bits per heavy atom. The van der Waals surface area contributed by atoms with Crippen molar-refractivity contribution in [2.75, 3.05) is 0 Å². The molecule has 1 rings (SSSR count). The van der Waals surface area contributed by atoms with Gasteiger partial charge in [0.1, 0.15) is 5.82 Å². The molecular weight excluding hydrogens is 280 g/mol. The van der Waals surface area contributed by atoms with E-state index in [2.05, 4.69) is 20.9 Å². The fraction of sp³-hybridized carbons (Fsp3) is 0.375. The minimum absolute atomic E-state index is 0.350. The summed E-state index contributed by atoms with van der Waals surface area (Å²) in [5.41, 5.74) is 4.82. The zero-order valence-electron chi connectivity index (χ0n) is 7.35. The van der Waals surface area contributed by atoms with Crippen LogP contribution in [0.2, 0.25) is 0 Å². The van der Waals surface area contributed by atoms with E-state index in [1.54, 1.807) is 0 Å². The minimum Gasteiger partial charge on any atom is -0.322 e. The second kappa shape index (κ2) is 4.44. The number of hydrogen-bond acceptors (Lipinski definition) is 2. The highest BCUT2D eigenvalue weighted by atomic mass is 79.9. The average molecular weight is 287 g/mol. The first-order valence-corrected chi connectivity index (χ1v) is 4.72. The number of nitrogens with two attached hydrogens (primary N) is 1. The molecule has 2 N–H and O–H groups in total. The Bertz CT molecular complexity index is 353. The summed E-state index contributed by atoms with van der Waals surface area (Å²) in [4.78, 5) is 3.52. The molecule has 1 atom stereocenters. The standard InChI is InChI=1S/C8H7BrF4N2/c9-4-1-5(10)7(15-3-4)6(14)2-8(11,12)13/h1,3,6H,2,14H2. The topological polar surface area (TPSA) is 38.9 Å². The summed E-state index contributed by atoms with van der Waals surface area (Å²) in [5.74, 6) is -0.846. The van der Waals surface area contributed by atoms with Crippen LogP contribution in [0.3, 0.4) is 0 Å². The van der Waals surface area contributed by atoms with Gasteiger partial charge in [0, 0.05) is 10.7 Å². The van der Waals surface area contributed by atoms with Crippen LogP contribution < -0.4 is 5.73 Å². The molecule has 0 amide bonds. The molecule has 2 nitrogen and oxygen atoms in total. The van der Waals surface area contributed by atoms with E-state index in [0.717, 1.165) is 6.07 Å². The van der Waals surface area contributed by atoms with Gasteiger partial charge in [-0.1, -0.05) is 0 Å². The Morgan fingerprint density at radius 2 is 2.07 bits per heavy atom. The molecule has 0 aliphatic heterocycles. The van der Waals surface area contributed by atoms with Gasteiger partial charge in [-0.15, -0.1) is 0 Å². The number of pyridine rings is 1. The molecule has 0 bridgehead atoms. The smallest absolute Gasteiger partial charge is 0.322 e. The molecule has 0 aromatic carbocycles. The lowest BCUT2D eigenvalue weighted by Crippen LogP contribution is -2.22. The largest absolute Gasteiger partial charge is 0.390 e. The maximum Gasteiger partial charge on any atom is 0.390 e. The molecule has 0 fully saturated rings. The fourth-order valence-corrected chi connectivity index (χ4v) is 1.35. The van der Waals surface area contributed by atoms with Gasteiger partial charge in [-0.25, -0.2) is 4.39 Å². The van der Waals surface area contributed by atoms with E-state index in [0.29, 0.717) is 4.47 Å². The molecule has 15 heavy (non-hydrogen) atoms. The summed E-state index contributed by atoms with van der Waals surface area (Å²) in [5, 5.41) is 0. The number of rotatable bonds is 2. The van der Waals surface area contributed by atoms with Crippen LogP contribution in [0.15, 0.2) is 16.7 Å². The molecule has 84 valence electrons. The Labute approximate surface area is 91.6 Å². The maximum atomic E-state index is 13.1. The van der Waals surface area contributed by atoms with Crippen LogP contribution >= 0.6 is 15.9 Å². The average Bonchev–Trinajstić information content (AvgIpc) is 1.99. The van der Waals surface area contributed by atoms with E-state index in [4.69, 9.17) is 5.73 Å². The second-order valence-electron chi connectivity index (χ2n) is 2.95. The minimum atomic E-state index is -4.43. The number of aromatic nitrogens is 1. The zero-order valence-corrected chi connectivity index (χ0v) is 8.94. The van der Waals surface area contributed by atoms with Gasteiger partial charge in [-0.3, -0.25) is 4.98 Å². The lowest BCUT2D eigenvalue weighted by molar-refractivity contribution is -0.138.